The zero-order chi connectivity index (χ0) is 29.6. The lowest BCUT2D eigenvalue weighted by Crippen LogP contribution is -2.50. The Morgan fingerprint density at radius 3 is 2.33 bits per heavy atom. The highest BCUT2D eigenvalue weighted by molar-refractivity contribution is 7.86. The van der Waals surface area contributed by atoms with Gasteiger partial charge in [0.25, 0.3) is 0 Å². The Kier molecular flexibility index (Phi) is 8.47. The summed E-state index contributed by atoms with van der Waals surface area (Å²) in [6, 6.07) is 0. The number of halogens is 2. The Hall–Kier alpha value is -2.43. The molecular weight excluding hydrogens is 566 g/mol. The molecule has 4 aliphatic rings. The Labute approximate surface area is 228 Å². The summed E-state index contributed by atoms with van der Waals surface area (Å²) in [4.78, 5) is 50.1. The van der Waals surface area contributed by atoms with Gasteiger partial charge >= 0.3 is 39.2 Å². The van der Waals surface area contributed by atoms with E-state index in [2.05, 4.69) is 4.74 Å². The minimum Gasteiger partial charge on any atom is -0.458 e. The zero-order valence-electron chi connectivity index (χ0n) is 22.1. The van der Waals surface area contributed by atoms with Gasteiger partial charge in [-0.15, -0.1) is 0 Å². The van der Waals surface area contributed by atoms with Crippen LogP contribution in [-0.2, 0) is 57.7 Å². The molecule has 3 heterocycles. The number of carbonyl (C=O) groups is 4. The number of hydrogen-bond acceptors (Lipinski definition) is 12. The van der Waals surface area contributed by atoms with Crippen molar-refractivity contribution in [1.29, 1.82) is 0 Å². The lowest BCUT2D eigenvalue weighted by Gasteiger charge is -2.37. The maximum absolute atomic E-state index is 13.5. The van der Waals surface area contributed by atoms with Crippen molar-refractivity contribution in [2.75, 3.05) is 13.2 Å². The average molecular weight is 599 g/mol. The Balaban J connectivity index is 1.33. The maximum Gasteiger partial charge on any atom is 0.405 e. The van der Waals surface area contributed by atoms with Crippen molar-refractivity contribution >= 4 is 34.0 Å². The van der Waals surface area contributed by atoms with Gasteiger partial charge in [0.05, 0.1) is 0 Å². The first-order chi connectivity index (χ1) is 18.6. The average Bonchev–Trinajstić information content (AvgIpc) is 3.61. The van der Waals surface area contributed by atoms with Crippen LogP contribution in [0.15, 0.2) is 0 Å². The second kappa shape index (κ2) is 11.1. The molecule has 16 heteroatoms. The van der Waals surface area contributed by atoms with E-state index in [1.165, 1.54) is 0 Å². The summed E-state index contributed by atoms with van der Waals surface area (Å²) >= 11 is 0. The van der Waals surface area contributed by atoms with Gasteiger partial charge < -0.3 is 28.4 Å². The van der Waals surface area contributed by atoms with Gasteiger partial charge in [-0.3, -0.25) is 14.1 Å². The van der Waals surface area contributed by atoms with Crippen molar-refractivity contribution in [2.45, 2.75) is 94.3 Å². The molecule has 13 nitrogen and oxygen atoms in total. The normalized spacial score (nSPS) is 31.9. The van der Waals surface area contributed by atoms with Crippen molar-refractivity contribution in [2.24, 2.45) is 17.8 Å². The molecule has 3 aliphatic heterocycles. The van der Waals surface area contributed by atoms with Crippen LogP contribution in [0, 0.1) is 17.8 Å². The molecule has 1 N–H and O–H groups in total. The summed E-state index contributed by atoms with van der Waals surface area (Å²) in [6.45, 7) is 2.68. The third kappa shape index (κ3) is 5.42. The van der Waals surface area contributed by atoms with Crippen LogP contribution in [0.4, 0.5) is 8.78 Å². The molecule has 226 valence electrons. The fourth-order valence-electron chi connectivity index (χ4n) is 5.96. The SMILES string of the molecule is CCC(C)C1(OC(=O)C2C3OC4C(OC(=O)C42)C3OC(=O)COCC(=O)OC(C)C(F)(F)S(=O)(=O)O)CCCC1. The first kappa shape index (κ1) is 30.5. The van der Waals surface area contributed by atoms with E-state index < -0.39 is 100 Å². The number of fused-ring (bicyclic) bond motifs is 1. The summed E-state index contributed by atoms with van der Waals surface area (Å²) in [5.74, 6) is -5.58. The van der Waals surface area contributed by atoms with Gasteiger partial charge in [-0.25, -0.2) is 9.59 Å². The number of alkyl halides is 2. The van der Waals surface area contributed by atoms with Crippen LogP contribution in [0.2, 0.25) is 0 Å². The summed E-state index contributed by atoms with van der Waals surface area (Å²) in [5, 5.41) is -4.76. The first-order valence-corrected chi connectivity index (χ1v) is 14.5. The van der Waals surface area contributed by atoms with E-state index in [1.807, 2.05) is 13.8 Å². The topological polar surface area (TPSA) is 178 Å². The first-order valence-electron chi connectivity index (χ1n) is 13.0. The number of esters is 4. The number of ether oxygens (including phenoxy) is 6. The molecule has 1 aliphatic carbocycles. The van der Waals surface area contributed by atoms with E-state index in [0.29, 0.717) is 19.8 Å². The summed E-state index contributed by atoms with van der Waals surface area (Å²) in [7, 11) is -5.84. The highest BCUT2D eigenvalue weighted by Gasteiger charge is 2.72. The molecule has 3 saturated heterocycles. The van der Waals surface area contributed by atoms with E-state index in [9.17, 15) is 36.4 Å². The Morgan fingerprint density at radius 2 is 1.73 bits per heavy atom. The monoisotopic (exact) mass is 598 g/mol. The molecule has 0 aromatic heterocycles. The van der Waals surface area contributed by atoms with Gasteiger partial charge in [0, 0.05) is 0 Å². The second-order valence-electron chi connectivity index (χ2n) is 10.6. The van der Waals surface area contributed by atoms with Crippen LogP contribution in [-0.4, -0.2) is 91.4 Å². The predicted octanol–water partition coefficient (Wildman–Crippen LogP) is 1.17. The van der Waals surface area contributed by atoms with Crippen molar-refractivity contribution < 1.29 is 69.4 Å². The van der Waals surface area contributed by atoms with Crippen molar-refractivity contribution in [3.63, 3.8) is 0 Å². The van der Waals surface area contributed by atoms with Gasteiger partial charge in [-0.05, 0) is 44.9 Å². The molecule has 8 atom stereocenters. The molecule has 4 rings (SSSR count). The number of rotatable bonds is 12. The maximum atomic E-state index is 13.5. The fraction of sp³-hybridized carbons (Fsp3) is 0.833. The van der Waals surface area contributed by atoms with Crippen molar-refractivity contribution in [3.05, 3.63) is 0 Å². The molecule has 8 unspecified atom stereocenters. The molecule has 0 aromatic carbocycles. The summed E-state index contributed by atoms with van der Waals surface area (Å²) in [5.41, 5.74) is -0.646. The molecule has 40 heavy (non-hydrogen) atoms. The smallest absolute Gasteiger partial charge is 0.405 e. The van der Waals surface area contributed by atoms with E-state index >= 15 is 0 Å². The van der Waals surface area contributed by atoms with Crippen LogP contribution in [0.1, 0.15) is 52.9 Å². The van der Waals surface area contributed by atoms with Crippen LogP contribution < -0.4 is 0 Å². The minimum absolute atomic E-state index is 0.0986. The quantitative estimate of drug-likeness (QED) is 0.192. The summed E-state index contributed by atoms with van der Waals surface area (Å²) in [6.07, 6.45) is -2.42. The third-order valence-electron chi connectivity index (χ3n) is 8.27. The van der Waals surface area contributed by atoms with Crippen LogP contribution in [0.3, 0.4) is 0 Å². The highest BCUT2D eigenvalue weighted by Crippen LogP contribution is 2.52. The van der Waals surface area contributed by atoms with E-state index in [-0.39, 0.29) is 5.92 Å². The van der Waals surface area contributed by atoms with Crippen molar-refractivity contribution in [3.8, 4) is 0 Å². The van der Waals surface area contributed by atoms with Crippen LogP contribution in [0.25, 0.3) is 0 Å². The second-order valence-corrected chi connectivity index (χ2v) is 12.1. The standard InChI is InChI=1S/C24H32F2O13S/c1-4-11(2)23(7-5-6-8-23)39-22(30)16-15-17-20(38-21(15)29)19(18(16)37-17)36-14(28)10-34-9-13(27)35-12(3)24(25,26)40(31,32)33/h11-12,15-20H,4-10H2,1-3H3,(H,31,32,33). The van der Waals surface area contributed by atoms with Gasteiger partial charge in [0.1, 0.15) is 42.9 Å². The minimum atomic E-state index is -5.84. The van der Waals surface area contributed by atoms with Gasteiger partial charge in [0.2, 0.25) is 0 Å². The van der Waals surface area contributed by atoms with Crippen LogP contribution in [0.5, 0.6) is 0 Å². The van der Waals surface area contributed by atoms with E-state index in [4.69, 9.17) is 28.2 Å². The molecule has 0 aromatic rings. The third-order valence-corrected chi connectivity index (χ3v) is 9.29. The molecule has 0 amide bonds. The van der Waals surface area contributed by atoms with E-state index in [0.717, 1.165) is 19.3 Å². The molecule has 0 spiro atoms. The van der Waals surface area contributed by atoms with Crippen LogP contribution >= 0.6 is 0 Å². The Bertz CT molecular complexity index is 1140. The number of hydrogen-bond donors (Lipinski definition) is 1. The number of carbonyl (C=O) groups excluding carboxylic acids is 4. The highest BCUT2D eigenvalue weighted by atomic mass is 32.2. The zero-order valence-corrected chi connectivity index (χ0v) is 22.9. The summed E-state index contributed by atoms with van der Waals surface area (Å²) < 4.78 is 88.7. The molecule has 2 bridgehead atoms. The van der Waals surface area contributed by atoms with E-state index in [1.54, 1.807) is 0 Å². The lowest BCUT2D eigenvalue weighted by atomic mass is 9.78. The van der Waals surface area contributed by atoms with Gasteiger partial charge in [-0.1, -0.05) is 13.8 Å². The molecule has 0 radical (unpaired) electrons. The molecule has 1 saturated carbocycles. The molecular formula is C24H32F2O13S. The fourth-order valence-corrected chi connectivity index (χ4v) is 6.43. The van der Waals surface area contributed by atoms with Gasteiger partial charge in [0.15, 0.2) is 18.3 Å². The largest absolute Gasteiger partial charge is 0.458 e. The molecule has 4 fully saturated rings. The lowest BCUT2D eigenvalue weighted by molar-refractivity contribution is -0.179. The Morgan fingerprint density at radius 1 is 1.10 bits per heavy atom. The van der Waals surface area contributed by atoms with Gasteiger partial charge in [-0.2, -0.15) is 17.2 Å². The predicted molar refractivity (Wildman–Crippen MR) is 125 cm³/mol. The van der Waals surface area contributed by atoms with Crippen molar-refractivity contribution in [1.82, 2.24) is 0 Å².